The molecule has 1 N–H and O–H groups in total. The molecule has 0 bridgehead atoms. The number of benzene rings is 3. The molecule has 1 atom stereocenters. The van der Waals surface area contributed by atoms with Crippen molar-refractivity contribution in [1.82, 2.24) is 4.98 Å². The lowest BCUT2D eigenvalue weighted by Gasteiger charge is -2.23. The minimum Gasteiger partial charge on any atom is -0.507 e. The fourth-order valence-electron chi connectivity index (χ4n) is 4.47. The molecule has 0 aliphatic carbocycles. The second-order valence-electron chi connectivity index (χ2n) is 8.87. The molecule has 1 saturated heterocycles. The van der Waals surface area contributed by atoms with Crippen LogP contribution in [0.15, 0.2) is 72.3 Å². The van der Waals surface area contributed by atoms with E-state index >= 15 is 0 Å². The van der Waals surface area contributed by atoms with Crippen molar-refractivity contribution in [2.24, 2.45) is 0 Å². The van der Waals surface area contributed by atoms with Crippen LogP contribution in [0.2, 0.25) is 0 Å². The molecule has 1 aromatic heterocycles. The number of aliphatic hydroxyl groups excluding tert-OH is 1. The van der Waals surface area contributed by atoms with Gasteiger partial charge in [-0.15, -0.1) is 0 Å². The Morgan fingerprint density at radius 2 is 1.64 bits per heavy atom. The summed E-state index contributed by atoms with van der Waals surface area (Å²) in [7, 11) is 1.55. The van der Waals surface area contributed by atoms with Gasteiger partial charge in [0.1, 0.15) is 23.0 Å². The summed E-state index contributed by atoms with van der Waals surface area (Å²) < 4.78 is 17.4. The standard InChI is InChI=1S/C30H28N2O6S/c1-4-16-38-21-12-6-18(7-13-21)26-25(27(33)19-8-10-20(36-3)11-9-19)28(34)29(35)32(26)30-31-23-15-14-22(37-5-2)17-24(23)39-30/h6-15,17,26,33H,4-5,16H2,1-3H3. The Hall–Kier alpha value is -4.37. The Labute approximate surface area is 230 Å². The first-order valence-electron chi connectivity index (χ1n) is 12.7. The molecule has 0 saturated carbocycles. The van der Waals surface area contributed by atoms with Crippen LogP contribution in [-0.4, -0.2) is 42.1 Å². The van der Waals surface area contributed by atoms with Gasteiger partial charge in [-0.25, -0.2) is 4.98 Å². The van der Waals surface area contributed by atoms with Crippen molar-refractivity contribution in [1.29, 1.82) is 0 Å². The molecule has 1 amide bonds. The number of ether oxygens (including phenoxy) is 3. The topological polar surface area (TPSA) is 98.2 Å². The molecule has 3 aromatic carbocycles. The van der Waals surface area contributed by atoms with Gasteiger partial charge in [-0.2, -0.15) is 0 Å². The van der Waals surface area contributed by atoms with E-state index in [9.17, 15) is 14.7 Å². The third-order valence-corrected chi connectivity index (χ3v) is 7.36. The molecule has 1 aliphatic rings. The molecule has 0 radical (unpaired) electrons. The van der Waals surface area contributed by atoms with Crippen LogP contribution in [-0.2, 0) is 9.59 Å². The molecule has 2 heterocycles. The summed E-state index contributed by atoms with van der Waals surface area (Å²) in [4.78, 5) is 33.0. The van der Waals surface area contributed by atoms with E-state index in [4.69, 9.17) is 14.2 Å². The average molecular weight is 545 g/mol. The quantitative estimate of drug-likeness (QED) is 0.154. The molecule has 1 fully saturated rings. The normalized spacial score (nSPS) is 16.6. The number of methoxy groups -OCH3 is 1. The molecule has 200 valence electrons. The van der Waals surface area contributed by atoms with Gasteiger partial charge in [-0.3, -0.25) is 14.5 Å². The van der Waals surface area contributed by atoms with Crippen LogP contribution in [0.1, 0.15) is 37.4 Å². The summed E-state index contributed by atoms with van der Waals surface area (Å²) in [5.41, 5.74) is 1.70. The lowest BCUT2D eigenvalue weighted by atomic mass is 9.95. The summed E-state index contributed by atoms with van der Waals surface area (Å²) in [6.07, 6.45) is 0.867. The van der Waals surface area contributed by atoms with Crippen molar-refractivity contribution in [2.45, 2.75) is 26.3 Å². The summed E-state index contributed by atoms with van der Waals surface area (Å²) in [6, 6.07) is 18.5. The first-order chi connectivity index (χ1) is 18.9. The monoisotopic (exact) mass is 544 g/mol. The number of carbonyl (C=O) groups is 2. The van der Waals surface area contributed by atoms with Gasteiger partial charge < -0.3 is 19.3 Å². The molecule has 1 aliphatic heterocycles. The van der Waals surface area contributed by atoms with Gasteiger partial charge in [0.15, 0.2) is 5.13 Å². The molecule has 0 spiro atoms. The van der Waals surface area contributed by atoms with Crippen molar-refractivity contribution in [3.63, 3.8) is 0 Å². The maximum Gasteiger partial charge on any atom is 0.301 e. The second-order valence-corrected chi connectivity index (χ2v) is 9.88. The highest BCUT2D eigenvalue weighted by atomic mass is 32.1. The van der Waals surface area contributed by atoms with E-state index in [2.05, 4.69) is 4.98 Å². The molecule has 4 aromatic rings. The van der Waals surface area contributed by atoms with E-state index in [0.717, 1.165) is 11.1 Å². The van der Waals surface area contributed by atoms with Crippen molar-refractivity contribution in [2.75, 3.05) is 25.2 Å². The SMILES string of the molecule is CCCOc1ccc(C2C(=C(O)c3ccc(OC)cc3)C(=O)C(=O)N2c2nc3ccc(OCC)cc3s2)cc1. The average Bonchev–Trinajstić information content (AvgIpc) is 3.49. The minimum atomic E-state index is -0.890. The predicted octanol–water partition coefficient (Wildman–Crippen LogP) is 6.12. The highest BCUT2D eigenvalue weighted by Gasteiger charge is 2.48. The number of anilines is 1. The highest BCUT2D eigenvalue weighted by molar-refractivity contribution is 7.22. The van der Waals surface area contributed by atoms with Crippen LogP contribution in [0.25, 0.3) is 16.0 Å². The number of thiazole rings is 1. The van der Waals surface area contributed by atoms with E-state index in [-0.39, 0.29) is 11.3 Å². The maximum atomic E-state index is 13.5. The van der Waals surface area contributed by atoms with Crippen molar-refractivity contribution in [3.8, 4) is 17.2 Å². The summed E-state index contributed by atoms with van der Waals surface area (Å²) in [6.45, 7) is 5.03. The number of hydrogen-bond donors (Lipinski definition) is 1. The van der Waals surface area contributed by atoms with E-state index in [1.807, 2.05) is 32.0 Å². The van der Waals surface area contributed by atoms with Crippen LogP contribution in [0.5, 0.6) is 17.2 Å². The highest BCUT2D eigenvalue weighted by Crippen LogP contribution is 2.45. The van der Waals surface area contributed by atoms with E-state index < -0.39 is 17.7 Å². The van der Waals surface area contributed by atoms with E-state index in [1.165, 1.54) is 16.2 Å². The zero-order valence-corrected chi connectivity index (χ0v) is 22.7. The minimum absolute atomic E-state index is 0.0124. The number of fused-ring (bicyclic) bond motifs is 1. The number of hydrogen-bond acceptors (Lipinski definition) is 8. The molecule has 9 heteroatoms. The van der Waals surface area contributed by atoms with Crippen molar-refractivity contribution < 1.29 is 28.9 Å². The number of ketones is 1. The number of aromatic nitrogens is 1. The Bertz CT molecular complexity index is 1540. The zero-order valence-electron chi connectivity index (χ0n) is 21.8. The molecular formula is C30H28N2O6S. The second kappa shape index (κ2) is 11.2. The fourth-order valence-corrected chi connectivity index (χ4v) is 5.49. The lowest BCUT2D eigenvalue weighted by Crippen LogP contribution is -2.29. The largest absolute Gasteiger partial charge is 0.507 e. The summed E-state index contributed by atoms with van der Waals surface area (Å²) in [5.74, 6) is 0.165. The van der Waals surface area contributed by atoms with Gasteiger partial charge >= 0.3 is 5.91 Å². The Morgan fingerprint density at radius 3 is 2.31 bits per heavy atom. The van der Waals surface area contributed by atoms with Gasteiger partial charge in [-0.1, -0.05) is 30.4 Å². The third kappa shape index (κ3) is 5.05. The van der Waals surface area contributed by atoms with Gasteiger partial charge in [0.2, 0.25) is 0 Å². The van der Waals surface area contributed by atoms with Gasteiger partial charge in [0.25, 0.3) is 5.78 Å². The Morgan fingerprint density at radius 1 is 0.949 bits per heavy atom. The van der Waals surface area contributed by atoms with Crippen LogP contribution in [0.3, 0.4) is 0 Å². The van der Waals surface area contributed by atoms with Crippen LogP contribution in [0.4, 0.5) is 5.13 Å². The van der Waals surface area contributed by atoms with E-state index in [1.54, 1.807) is 55.6 Å². The van der Waals surface area contributed by atoms with Gasteiger partial charge in [0, 0.05) is 5.56 Å². The third-order valence-electron chi connectivity index (χ3n) is 6.34. The Balaban J connectivity index is 1.64. The first-order valence-corrected chi connectivity index (χ1v) is 13.5. The first kappa shape index (κ1) is 26.2. The smallest absolute Gasteiger partial charge is 0.301 e. The number of rotatable bonds is 9. The number of amides is 1. The summed E-state index contributed by atoms with van der Waals surface area (Å²) in [5, 5.41) is 11.7. The number of Topliss-reactive ketones (excluding diaryl/α,β-unsaturated/α-hetero) is 1. The molecule has 1 unspecified atom stereocenters. The fraction of sp³-hybridized carbons (Fsp3) is 0.233. The van der Waals surface area contributed by atoms with Crippen molar-refractivity contribution >= 4 is 44.1 Å². The van der Waals surface area contributed by atoms with Crippen LogP contribution < -0.4 is 19.1 Å². The molecular weight excluding hydrogens is 516 g/mol. The molecule has 8 nitrogen and oxygen atoms in total. The Kier molecular flexibility index (Phi) is 7.51. The van der Waals surface area contributed by atoms with Crippen LogP contribution >= 0.6 is 11.3 Å². The number of nitrogens with zero attached hydrogens (tertiary/aromatic N) is 2. The predicted molar refractivity (Wildman–Crippen MR) is 151 cm³/mol. The number of carbonyl (C=O) groups excluding carboxylic acids is 2. The molecule has 5 rings (SSSR count). The van der Waals surface area contributed by atoms with Crippen molar-refractivity contribution in [3.05, 3.63) is 83.4 Å². The maximum absolute atomic E-state index is 13.5. The molecule has 39 heavy (non-hydrogen) atoms. The van der Waals surface area contributed by atoms with Gasteiger partial charge in [0.05, 0.1) is 42.2 Å². The summed E-state index contributed by atoms with van der Waals surface area (Å²) >= 11 is 1.28. The van der Waals surface area contributed by atoms with Gasteiger partial charge in [-0.05, 0) is 73.5 Å². The zero-order chi connectivity index (χ0) is 27.5. The van der Waals surface area contributed by atoms with E-state index in [0.29, 0.717) is 52.2 Å². The number of aliphatic hydroxyl groups is 1. The lowest BCUT2D eigenvalue weighted by molar-refractivity contribution is -0.132. The van der Waals surface area contributed by atoms with Crippen LogP contribution in [0, 0.1) is 0 Å².